The van der Waals surface area contributed by atoms with E-state index < -0.39 is 0 Å². The Hall–Kier alpha value is -1.86. The predicted molar refractivity (Wildman–Crippen MR) is 76.0 cm³/mol. The second kappa shape index (κ2) is 4.79. The van der Waals surface area contributed by atoms with Crippen LogP contribution in [0.25, 0.3) is 10.9 Å². The standard InChI is InChI=1S/C16H12ClN/c17-15-8-9-18-16-7-6-13(11-14(15)16)10-12-4-2-1-3-5-12/h1-9,11H,10H2. The molecule has 0 N–H and O–H groups in total. The Morgan fingerprint density at radius 1 is 0.889 bits per heavy atom. The molecule has 0 atom stereocenters. The number of nitrogens with zero attached hydrogens (tertiary/aromatic N) is 1. The van der Waals surface area contributed by atoms with E-state index in [-0.39, 0.29) is 0 Å². The van der Waals surface area contributed by atoms with E-state index in [0.29, 0.717) is 0 Å². The number of benzene rings is 2. The molecule has 0 fully saturated rings. The molecule has 1 aromatic heterocycles. The highest BCUT2D eigenvalue weighted by atomic mass is 35.5. The molecule has 0 aliphatic heterocycles. The van der Waals surface area contributed by atoms with Crippen molar-refractivity contribution in [3.05, 3.63) is 76.9 Å². The summed E-state index contributed by atoms with van der Waals surface area (Å²) in [5.41, 5.74) is 3.50. The molecule has 0 saturated carbocycles. The fourth-order valence-corrected chi connectivity index (χ4v) is 2.31. The molecule has 1 heterocycles. The quantitative estimate of drug-likeness (QED) is 0.656. The molecule has 3 aromatic rings. The molecule has 88 valence electrons. The van der Waals surface area contributed by atoms with E-state index >= 15 is 0 Å². The van der Waals surface area contributed by atoms with Gasteiger partial charge in [0.1, 0.15) is 0 Å². The first-order valence-electron chi connectivity index (χ1n) is 5.90. The van der Waals surface area contributed by atoms with Crippen molar-refractivity contribution in [3.8, 4) is 0 Å². The Morgan fingerprint density at radius 2 is 1.72 bits per heavy atom. The summed E-state index contributed by atoms with van der Waals surface area (Å²) in [6.45, 7) is 0. The van der Waals surface area contributed by atoms with Crippen LogP contribution in [0, 0.1) is 0 Å². The van der Waals surface area contributed by atoms with Gasteiger partial charge in [0.2, 0.25) is 0 Å². The molecule has 0 spiro atoms. The summed E-state index contributed by atoms with van der Waals surface area (Å²) in [5.74, 6) is 0. The number of halogens is 1. The number of hydrogen-bond donors (Lipinski definition) is 0. The first-order chi connectivity index (χ1) is 8.83. The van der Waals surface area contributed by atoms with Crippen LogP contribution in [-0.2, 0) is 6.42 Å². The van der Waals surface area contributed by atoms with E-state index in [1.54, 1.807) is 6.20 Å². The second-order valence-corrected chi connectivity index (χ2v) is 4.71. The third-order valence-corrected chi connectivity index (χ3v) is 3.33. The van der Waals surface area contributed by atoms with E-state index in [0.717, 1.165) is 22.3 Å². The summed E-state index contributed by atoms with van der Waals surface area (Å²) in [6.07, 6.45) is 2.66. The Balaban J connectivity index is 2.01. The van der Waals surface area contributed by atoms with Gasteiger partial charge in [0.05, 0.1) is 10.5 Å². The molecule has 18 heavy (non-hydrogen) atoms. The average molecular weight is 254 g/mol. The molecule has 0 amide bonds. The Morgan fingerprint density at radius 3 is 2.56 bits per heavy atom. The molecule has 0 radical (unpaired) electrons. The number of rotatable bonds is 2. The van der Waals surface area contributed by atoms with E-state index in [2.05, 4.69) is 41.4 Å². The van der Waals surface area contributed by atoms with Gasteiger partial charge in [-0.15, -0.1) is 0 Å². The third-order valence-electron chi connectivity index (χ3n) is 3.00. The van der Waals surface area contributed by atoms with Gasteiger partial charge in [0, 0.05) is 11.6 Å². The van der Waals surface area contributed by atoms with Gasteiger partial charge in [-0.05, 0) is 35.7 Å². The van der Waals surface area contributed by atoms with Crippen molar-refractivity contribution in [2.24, 2.45) is 0 Å². The Kier molecular flexibility index (Phi) is 2.99. The lowest BCUT2D eigenvalue weighted by Gasteiger charge is -2.05. The van der Waals surface area contributed by atoms with Gasteiger partial charge in [0.15, 0.2) is 0 Å². The molecule has 1 nitrogen and oxygen atoms in total. The van der Waals surface area contributed by atoms with Gasteiger partial charge in [-0.3, -0.25) is 4.98 Å². The van der Waals surface area contributed by atoms with Crippen LogP contribution in [-0.4, -0.2) is 4.98 Å². The zero-order valence-electron chi connectivity index (χ0n) is 9.81. The van der Waals surface area contributed by atoms with Crippen LogP contribution >= 0.6 is 11.6 Å². The van der Waals surface area contributed by atoms with Gasteiger partial charge in [-0.1, -0.05) is 48.0 Å². The summed E-state index contributed by atoms with van der Waals surface area (Å²) in [7, 11) is 0. The highest BCUT2D eigenvalue weighted by molar-refractivity contribution is 6.35. The molecule has 0 bridgehead atoms. The number of pyridine rings is 1. The summed E-state index contributed by atoms with van der Waals surface area (Å²) < 4.78 is 0. The van der Waals surface area contributed by atoms with E-state index in [9.17, 15) is 0 Å². The van der Waals surface area contributed by atoms with Crippen molar-refractivity contribution in [2.45, 2.75) is 6.42 Å². The summed E-state index contributed by atoms with van der Waals surface area (Å²) >= 11 is 6.19. The highest BCUT2D eigenvalue weighted by Crippen LogP contribution is 2.23. The van der Waals surface area contributed by atoms with Crippen molar-refractivity contribution in [1.82, 2.24) is 4.98 Å². The molecule has 0 unspecified atom stereocenters. The number of fused-ring (bicyclic) bond motifs is 1. The average Bonchev–Trinajstić information content (AvgIpc) is 2.41. The minimum atomic E-state index is 0.759. The van der Waals surface area contributed by atoms with E-state index in [1.807, 2.05) is 18.2 Å². The molecule has 3 rings (SSSR count). The molecular weight excluding hydrogens is 242 g/mol. The van der Waals surface area contributed by atoms with Crippen molar-refractivity contribution < 1.29 is 0 Å². The van der Waals surface area contributed by atoms with Gasteiger partial charge in [-0.2, -0.15) is 0 Å². The highest BCUT2D eigenvalue weighted by Gasteiger charge is 2.02. The normalized spacial score (nSPS) is 10.7. The van der Waals surface area contributed by atoms with Gasteiger partial charge in [0.25, 0.3) is 0 Å². The zero-order valence-corrected chi connectivity index (χ0v) is 10.6. The van der Waals surface area contributed by atoms with Crippen LogP contribution in [0.1, 0.15) is 11.1 Å². The summed E-state index contributed by atoms with van der Waals surface area (Å²) in [5, 5.41) is 1.78. The van der Waals surface area contributed by atoms with Gasteiger partial charge in [-0.25, -0.2) is 0 Å². The molecule has 0 aliphatic rings. The molecule has 0 saturated heterocycles. The van der Waals surface area contributed by atoms with Crippen LogP contribution in [0.4, 0.5) is 0 Å². The fraction of sp³-hybridized carbons (Fsp3) is 0.0625. The van der Waals surface area contributed by atoms with Crippen molar-refractivity contribution in [3.63, 3.8) is 0 Å². The van der Waals surface area contributed by atoms with E-state index in [4.69, 9.17) is 11.6 Å². The number of aromatic nitrogens is 1. The Labute approximate surface area is 111 Å². The second-order valence-electron chi connectivity index (χ2n) is 4.31. The maximum Gasteiger partial charge on any atom is 0.0717 e. The molecule has 2 heteroatoms. The molecular formula is C16H12ClN. The van der Waals surface area contributed by atoms with Crippen LogP contribution in [0.15, 0.2) is 60.8 Å². The zero-order chi connectivity index (χ0) is 12.4. The summed E-state index contributed by atoms with van der Waals surface area (Å²) in [6, 6.07) is 18.5. The van der Waals surface area contributed by atoms with Gasteiger partial charge >= 0.3 is 0 Å². The minimum Gasteiger partial charge on any atom is -0.256 e. The van der Waals surface area contributed by atoms with Crippen LogP contribution in [0.2, 0.25) is 5.02 Å². The first-order valence-corrected chi connectivity index (χ1v) is 6.28. The maximum absolute atomic E-state index is 6.19. The third kappa shape index (κ3) is 2.22. The lowest BCUT2D eigenvalue weighted by atomic mass is 10.0. The minimum absolute atomic E-state index is 0.759. The lowest BCUT2D eigenvalue weighted by Crippen LogP contribution is -1.88. The van der Waals surface area contributed by atoms with E-state index in [1.165, 1.54) is 11.1 Å². The van der Waals surface area contributed by atoms with Crippen molar-refractivity contribution in [1.29, 1.82) is 0 Å². The molecule has 2 aromatic carbocycles. The largest absolute Gasteiger partial charge is 0.256 e. The summed E-state index contributed by atoms with van der Waals surface area (Å²) in [4.78, 5) is 4.31. The van der Waals surface area contributed by atoms with Crippen LogP contribution in [0.5, 0.6) is 0 Å². The van der Waals surface area contributed by atoms with Crippen LogP contribution < -0.4 is 0 Å². The SMILES string of the molecule is Clc1ccnc2ccc(Cc3ccccc3)cc12. The van der Waals surface area contributed by atoms with Crippen molar-refractivity contribution >= 4 is 22.5 Å². The van der Waals surface area contributed by atoms with Gasteiger partial charge < -0.3 is 0 Å². The monoisotopic (exact) mass is 253 g/mol. The maximum atomic E-state index is 6.19. The predicted octanol–water partition coefficient (Wildman–Crippen LogP) is 4.48. The lowest BCUT2D eigenvalue weighted by molar-refractivity contribution is 1.20. The number of hydrogen-bond acceptors (Lipinski definition) is 1. The first kappa shape index (κ1) is 11.2. The Bertz CT molecular complexity index is 677. The van der Waals surface area contributed by atoms with Crippen molar-refractivity contribution in [2.75, 3.05) is 0 Å². The van der Waals surface area contributed by atoms with Crippen LogP contribution in [0.3, 0.4) is 0 Å². The fourth-order valence-electron chi connectivity index (χ4n) is 2.10. The topological polar surface area (TPSA) is 12.9 Å². The smallest absolute Gasteiger partial charge is 0.0717 e. The molecule has 0 aliphatic carbocycles.